The summed E-state index contributed by atoms with van der Waals surface area (Å²) in [5.41, 5.74) is 7.54. The van der Waals surface area contributed by atoms with Crippen LogP contribution in [0, 0.1) is 16.0 Å². The fourth-order valence-electron chi connectivity index (χ4n) is 3.76. The van der Waals surface area contributed by atoms with Crippen LogP contribution < -0.4 is 5.73 Å². The molecule has 0 bridgehead atoms. The highest BCUT2D eigenvalue weighted by molar-refractivity contribution is 5.96. The monoisotopic (exact) mass is 401 g/mol. The predicted molar refractivity (Wildman–Crippen MR) is 108 cm³/mol. The minimum absolute atomic E-state index is 0. The van der Waals surface area contributed by atoms with Crippen molar-refractivity contribution >= 4 is 35.0 Å². The number of hydrogen-bond acceptors (Lipinski definition) is 5. The molecule has 0 radical (unpaired) electrons. The van der Waals surface area contributed by atoms with E-state index in [4.69, 9.17) is 10.2 Å². The van der Waals surface area contributed by atoms with Gasteiger partial charge in [-0.15, -0.1) is 12.4 Å². The molecule has 4 rings (SSSR count). The van der Waals surface area contributed by atoms with Crippen LogP contribution in [0.4, 0.5) is 5.69 Å². The number of likely N-dealkylation sites (tertiary alicyclic amines) is 1. The first-order valence-electron chi connectivity index (χ1n) is 8.79. The lowest BCUT2D eigenvalue weighted by molar-refractivity contribution is -0.384. The molecule has 1 aliphatic rings. The Balaban J connectivity index is 0.00000225. The van der Waals surface area contributed by atoms with Gasteiger partial charge in [-0.1, -0.05) is 30.3 Å². The van der Waals surface area contributed by atoms with E-state index in [1.54, 1.807) is 11.0 Å². The van der Waals surface area contributed by atoms with Crippen molar-refractivity contribution in [1.29, 1.82) is 0 Å². The van der Waals surface area contributed by atoms with Crippen LogP contribution in [0.2, 0.25) is 0 Å². The van der Waals surface area contributed by atoms with Gasteiger partial charge in [-0.2, -0.15) is 0 Å². The number of non-ortho nitro benzene ring substituents is 1. The smallest absolute Gasteiger partial charge is 0.289 e. The van der Waals surface area contributed by atoms with Gasteiger partial charge in [0.15, 0.2) is 5.76 Å². The number of nitro benzene ring substituents is 1. The zero-order valence-electron chi connectivity index (χ0n) is 15.0. The number of carbonyl (C=O) groups is 1. The third-order valence-corrected chi connectivity index (χ3v) is 5.18. The van der Waals surface area contributed by atoms with Crippen molar-refractivity contribution in [1.82, 2.24) is 4.90 Å². The molecule has 7 nitrogen and oxygen atoms in total. The van der Waals surface area contributed by atoms with E-state index in [0.29, 0.717) is 30.6 Å². The van der Waals surface area contributed by atoms with E-state index >= 15 is 0 Å². The van der Waals surface area contributed by atoms with E-state index in [9.17, 15) is 14.9 Å². The Bertz CT molecular complexity index is 1010. The van der Waals surface area contributed by atoms with Crippen LogP contribution in [-0.2, 0) is 0 Å². The fraction of sp³-hybridized carbons (Fsp3) is 0.250. The number of nitrogens with zero attached hydrogens (tertiary/aromatic N) is 2. The quantitative estimate of drug-likeness (QED) is 0.531. The van der Waals surface area contributed by atoms with E-state index < -0.39 is 4.92 Å². The molecule has 2 heterocycles. The summed E-state index contributed by atoms with van der Waals surface area (Å²) < 4.78 is 5.64. The molecule has 28 heavy (non-hydrogen) atoms. The second kappa shape index (κ2) is 8.00. The number of halogens is 1. The average molecular weight is 402 g/mol. The maximum Gasteiger partial charge on any atom is 0.289 e. The van der Waals surface area contributed by atoms with Crippen molar-refractivity contribution in [2.24, 2.45) is 11.7 Å². The molecule has 1 aromatic heterocycles. The summed E-state index contributed by atoms with van der Waals surface area (Å²) in [5.74, 6) is 0.341. The zero-order valence-corrected chi connectivity index (χ0v) is 15.8. The standard InChI is InChI=1S/C20H19N3O4.ClH/c21-10-15-11-22(12-17(15)13-4-2-1-3-5-13)20(24)19-9-14-8-16(23(25)26)6-7-18(14)27-19;/h1-9,15,17H,10-12,21H2;1H/t15-,17+;/m1./s1. The molecule has 1 fully saturated rings. The van der Waals surface area contributed by atoms with Gasteiger partial charge in [0.1, 0.15) is 5.58 Å². The number of hydrogen-bond donors (Lipinski definition) is 1. The molecule has 2 atom stereocenters. The molecule has 2 aromatic carbocycles. The predicted octanol–water partition coefficient (Wildman–Crippen LogP) is 3.58. The maximum absolute atomic E-state index is 12.9. The van der Waals surface area contributed by atoms with Gasteiger partial charge in [-0.05, 0) is 30.2 Å². The lowest BCUT2D eigenvalue weighted by Crippen LogP contribution is -2.29. The molecule has 0 spiro atoms. The number of furan rings is 1. The van der Waals surface area contributed by atoms with Crippen molar-refractivity contribution in [3.8, 4) is 0 Å². The molecule has 1 amide bonds. The van der Waals surface area contributed by atoms with Gasteiger partial charge in [-0.3, -0.25) is 14.9 Å². The largest absolute Gasteiger partial charge is 0.451 e. The van der Waals surface area contributed by atoms with E-state index in [1.807, 2.05) is 18.2 Å². The number of nitrogens with two attached hydrogens (primary N) is 1. The normalized spacial score (nSPS) is 18.8. The van der Waals surface area contributed by atoms with Gasteiger partial charge < -0.3 is 15.1 Å². The Morgan fingerprint density at radius 1 is 1.18 bits per heavy atom. The fourth-order valence-corrected chi connectivity index (χ4v) is 3.76. The van der Waals surface area contributed by atoms with Crippen LogP contribution in [0.15, 0.2) is 59.0 Å². The highest BCUT2D eigenvalue weighted by Gasteiger charge is 2.36. The molecule has 1 saturated heterocycles. The topological polar surface area (TPSA) is 103 Å². The molecule has 0 aliphatic carbocycles. The summed E-state index contributed by atoms with van der Waals surface area (Å²) in [5, 5.41) is 11.5. The van der Waals surface area contributed by atoms with Crippen LogP contribution in [0.1, 0.15) is 22.0 Å². The molecular formula is C20H20ClN3O4. The summed E-state index contributed by atoms with van der Waals surface area (Å²) >= 11 is 0. The van der Waals surface area contributed by atoms with Gasteiger partial charge >= 0.3 is 0 Å². The minimum Gasteiger partial charge on any atom is -0.451 e. The molecule has 3 aromatic rings. The molecule has 1 aliphatic heterocycles. The lowest BCUT2D eigenvalue weighted by atomic mass is 9.89. The van der Waals surface area contributed by atoms with Gasteiger partial charge in [0.2, 0.25) is 0 Å². The Morgan fingerprint density at radius 3 is 2.61 bits per heavy atom. The van der Waals surface area contributed by atoms with Gasteiger partial charge in [-0.25, -0.2) is 0 Å². The number of carbonyl (C=O) groups excluding carboxylic acids is 1. The Labute approximate surface area is 167 Å². The van der Waals surface area contributed by atoms with E-state index in [2.05, 4.69) is 12.1 Å². The van der Waals surface area contributed by atoms with E-state index in [-0.39, 0.29) is 41.6 Å². The second-order valence-electron chi connectivity index (χ2n) is 6.81. The third-order valence-electron chi connectivity index (χ3n) is 5.18. The van der Waals surface area contributed by atoms with Gasteiger partial charge in [0.05, 0.1) is 4.92 Å². The average Bonchev–Trinajstić information content (AvgIpc) is 3.31. The number of benzene rings is 2. The van der Waals surface area contributed by atoms with Crippen molar-refractivity contribution in [2.45, 2.75) is 5.92 Å². The summed E-state index contributed by atoms with van der Waals surface area (Å²) in [6.45, 7) is 1.63. The number of nitro groups is 1. The van der Waals surface area contributed by atoms with Crippen LogP contribution in [0.5, 0.6) is 0 Å². The molecule has 146 valence electrons. The highest BCUT2D eigenvalue weighted by Crippen LogP contribution is 2.33. The van der Waals surface area contributed by atoms with Crippen molar-refractivity contribution < 1.29 is 14.1 Å². The summed E-state index contributed by atoms with van der Waals surface area (Å²) in [7, 11) is 0. The SMILES string of the molecule is Cl.NC[C@@H]1CN(C(=O)c2cc3cc([N+](=O)[O-])ccc3o2)C[C@H]1c1ccccc1. The first-order chi connectivity index (χ1) is 13.1. The molecular weight excluding hydrogens is 382 g/mol. The van der Waals surface area contributed by atoms with Crippen molar-refractivity contribution in [3.05, 3.63) is 76.0 Å². The number of fused-ring (bicyclic) bond motifs is 1. The Kier molecular flexibility index (Phi) is 5.67. The number of rotatable bonds is 4. The van der Waals surface area contributed by atoms with Gasteiger partial charge in [0, 0.05) is 36.5 Å². The van der Waals surface area contributed by atoms with Crippen LogP contribution >= 0.6 is 12.4 Å². The summed E-state index contributed by atoms with van der Waals surface area (Å²) in [4.78, 5) is 25.1. The molecule has 0 saturated carbocycles. The highest BCUT2D eigenvalue weighted by atomic mass is 35.5. The Hall–Kier alpha value is -2.90. The van der Waals surface area contributed by atoms with Gasteiger partial charge in [0.25, 0.3) is 11.6 Å². The molecule has 0 unspecified atom stereocenters. The molecule has 2 N–H and O–H groups in total. The van der Waals surface area contributed by atoms with E-state index in [1.165, 1.54) is 23.8 Å². The van der Waals surface area contributed by atoms with Crippen LogP contribution in [0.25, 0.3) is 11.0 Å². The Morgan fingerprint density at radius 2 is 1.93 bits per heavy atom. The van der Waals surface area contributed by atoms with Crippen molar-refractivity contribution in [3.63, 3.8) is 0 Å². The zero-order chi connectivity index (χ0) is 19.0. The van der Waals surface area contributed by atoms with E-state index in [0.717, 1.165) is 0 Å². The lowest BCUT2D eigenvalue weighted by Gasteiger charge is -2.16. The van der Waals surface area contributed by atoms with Crippen LogP contribution in [0.3, 0.4) is 0 Å². The first kappa shape index (κ1) is 19.9. The summed E-state index contributed by atoms with van der Waals surface area (Å²) in [6.07, 6.45) is 0. The third kappa shape index (κ3) is 3.58. The maximum atomic E-state index is 12.9. The second-order valence-corrected chi connectivity index (χ2v) is 6.81. The first-order valence-corrected chi connectivity index (χ1v) is 8.79. The number of amides is 1. The van der Waals surface area contributed by atoms with Crippen LogP contribution in [-0.4, -0.2) is 35.4 Å². The minimum atomic E-state index is -0.468. The van der Waals surface area contributed by atoms with Crippen molar-refractivity contribution in [2.75, 3.05) is 19.6 Å². The summed E-state index contributed by atoms with van der Waals surface area (Å²) in [6, 6.07) is 15.9. The molecule has 8 heteroatoms.